The van der Waals surface area contributed by atoms with E-state index >= 15 is 0 Å². The zero-order chi connectivity index (χ0) is 14.5. The Bertz CT molecular complexity index is 538. The largest absolute Gasteiger partial charge is 0.330 e. The third-order valence-corrected chi connectivity index (χ3v) is 4.69. The molecule has 0 aromatic heterocycles. The number of carbonyl (C=O) groups is 2. The average Bonchev–Trinajstić information content (AvgIpc) is 2.88. The first-order valence-corrected chi connectivity index (χ1v) is 7.10. The molecule has 1 heterocycles. The number of hydrogen-bond donors (Lipinski definition) is 1. The fourth-order valence-corrected chi connectivity index (χ4v) is 3.32. The van der Waals surface area contributed by atoms with Gasteiger partial charge in [-0.3, -0.25) is 14.5 Å². The van der Waals surface area contributed by atoms with Crippen LogP contribution in [0.5, 0.6) is 0 Å². The van der Waals surface area contributed by atoms with Gasteiger partial charge in [0.25, 0.3) is 0 Å². The van der Waals surface area contributed by atoms with Gasteiger partial charge < -0.3 is 5.73 Å². The standard InChI is InChI=1S/C16H20N2O2/c1-16(2)12-13(16)15(20)18(14(12)19)9-11-5-3-10(4-6-11)7-8-17/h3-6,12-13H,7-9,17H2,1-2H3. The molecule has 1 aliphatic heterocycles. The normalized spacial score (nSPS) is 26.9. The van der Waals surface area contributed by atoms with Gasteiger partial charge in [-0.05, 0) is 29.5 Å². The Kier molecular flexibility index (Phi) is 2.94. The lowest BCUT2D eigenvalue weighted by Gasteiger charge is -2.20. The van der Waals surface area contributed by atoms with Gasteiger partial charge in [0.15, 0.2) is 0 Å². The predicted octanol–water partition coefficient (Wildman–Crippen LogP) is 1.33. The summed E-state index contributed by atoms with van der Waals surface area (Å²) < 4.78 is 0. The van der Waals surface area contributed by atoms with Crippen LogP contribution >= 0.6 is 0 Å². The Hall–Kier alpha value is -1.68. The molecule has 2 amide bonds. The highest BCUT2D eigenvalue weighted by Gasteiger charge is 2.72. The van der Waals surface area contributed by atoms with Crippen molar-refractivity contribution in [3.05, 3.63) is 35.4 Å². The molecule has 1 saturated heterocycles. The Morgan fingerprint density at radius 3 is 2.05 bits per heavy atom. The van der Waals surface area contributed by atoms with E-state index in [-0.39, 0.29) is 29.1 Å². The molecule has 0 radical (unpaired) electrons. The van der Waals surface area contributed by atoms with Crippen molar-refractivity contribution in [3.63, 3.8) is 0 Å². The number of carbonyl (C=O) groups excluding carboxylic acids is 2. The van der Waals surface area contributed by atoms with Crippen LogP contribution in [-0.2, 0) is 22.6 Å². The highest BCUT2D eigenvalue weighted by atomic mass is 16.2. The van der Waals surface area contributed by atoms with E-state index in [4.69, 9.17) is 5.73 Å². The van der Waals surface area contributed by atoms with Gasteiger partial charge in [-0.1, -0.05) is 38.1 Å². The van der Waals surface area contributed by atoms with Gasteiger partial charge in [-0.2, -0.15) is 0 Å². The zero-order valence-corrected chi connectivity index (χ0v) is 11.9. The maximum absolute atomic E-state index is 12.2. The van der Waals surface area contributed by atoms with Crippen molar-refractivity contribution in [1.29, 1.82) is 0 Å². The number of nitrogens with two attached hydrogens (primary N) is 1. The number of likely N-dealkylation sites (tertiary alicyclic amines) is 1. The van der Waals surface area contributed by atoms with Gasteiger partial charge in [-0.25, -0.2) is 0 Å². The summed E-state index contributed by atoms with van der Waals surface area (Å²) in [6, 6.07) is 7.97. The molecule has 4 heteroatoms. The number of hydrogen-bond acceptors (Lipinski definition) is 3. The molecule has 106 valence electrons. The fourth-order valence-electron chi connectivity index (χ4n) is 3.32. The summed E-state index contributed by atoms with van der Waals surface area (Å²) in [6.45, 7) is 5.01. The molecule has 2 N–H and O–H groups in total. The van der Waals surface area contributed by atoms with E-state index in [1.165, 1.54) is 10.5 Å². The fraction of sp³-hybridized carbons (Fsp3) is 0.500. The van der Waals surface area contributed by atoms with Crippen LogP contribution in [0, 0.1) is 17.3 Å². The molecule has 0 bridgehead atoms. The van der Waals surface area contributed by atoms with Gasteiger partial charge in [0, 0.05) is 0 Å². The summed E-state index contributed by atoms with van der Waals surface area (Å²) in [6.07, 6.45) is 0.847. The van der Waals surface area contributed by atoms with E-state index in [2.05, 4.69) is 0 Å². The van der Waals surface area contributed by atoms with Crippen LogP contribution in [0.4, 0.5) is 0 Å². The second-order valence-corrected chi connectivity index (χ2v) is 6.39. The van der Waals surface area contributed by atoms with Crippen molar-refractivity contribution in [2.24, 2.45) is 23.0 Å². The zero-order valence-electron chi connectivity index (χ0n) is 11.9. The molecule has 2 unspecified atom stereocenters. The Morgan fingerprint density at radius 1 is 1.05 bits per heavy atom. The Labute approximate surface area is 118 Å². The molecule has 2 atom stereocenters. The molecular weight excluding hydrogens is 252 g/mol. The first kappa shape index (κ1) is 13.3. The second-order valence-electron chi connectivity index (χ2n) is 6.39. The number of imide groups is 1. The lowest BCUT2D eigenvalue weighted by Crippen LogP contribution is -2.35. The smallest absolute Gasteiger partial charge is 0.233 e. The van der Waals surface area contributed by atoms with E-state index in [1.54, 1.807) is 0 Å². The van der Waals surface area contributed by atoms with Crippen LogP contribution in [0.1, 0.15) is 25.0 Å². The van der Waals surface area contributed by atoms with Gasteiger partial charge in [-0.15, -0.1) is 0 Å². The molecule has 3 rings (SSSR count). The van der Waals surface area contributed by atoms with Crippen molar-refractivity contribution in [3.8, 4) is 0 Å². The molecule has 1 aromatic rings. The molecule has 1 aromatic carbocycles. The number of piperidine rings is 1. The maximum Gasteiger partial charge on any atom is 0.233 e. The first-order valence-electron chi connectivity index (χ1n) is 7.10. The van der Waals surface area contributed by atoms with E-state index in [9.17, 15) is 9.59 Å². The molecule has 2 aliphatic rings. The van der Waals surface area contributed by atoms with Crippen LogP contribution < -0.4 is 5.73 Å². The number of benzene rings is 1. The monoisotopic (exact) mass is 272 g/mol. The Morgan fingerprint density at radius 2 is 1.55 bits per heavy atom. The minimum Gasteiger partial charge on any atom is -0.330 e. The summed E-state index contributed by atoms with van der Waals surface area (Å²) in [7, 11) is 0. The number of nitrogens with zero attached hydrogens (tertiary/aromatic N) is 1. The first-order chi connectivity index (χ1) is 9.46. The third kappa shape index (κ3) is 1.86. The maximum atomic E-state index is 12.2. The Balaban J connectivity index is 1.70. The van der Waals surface area contributed by atoms with Gasteiger partial charge in [0.1, 0.15) is 0 Å². The highest BCUT2D eigenvalue weighted by molar-refractivity contribution is 6.10. The van der Waals surface area contributed by atoms with E-state index < -0.39 is 0 Å². The molecule has 1 saturated carbocycles. The lowest BCUT2D eigenvalue weighted by molar-refractivity contribution is -0.143. The molecule has 0 spiro atoms. The quantitative estimate of drug-likeness (QED) is 0.841. The van der Waals surface area contributed by atoms with Crippen LogP contribution in [0.25, 0.3) is 0 Å². The topological polar surface area (TPSA) is 63.4 Å². The average molecular weight is 272 g/mol. The molecular formula is C16H20N2O2. The van der Waals surface area contributed by atoms with E-state index in [1.807, 2.05) is 38.1 Å². The minimum atomic E-state index is -0.129. The van der Waals surface area contributed by atoms with Crippen molar-refractivity contribution in [2.45, 2.75) is 26.8 Å². The van der Waals surface area contributed by atoms with Crippen LogP contribution in [0.15, 0.2) is 24.3 Å². The van der Waals surface area contributed by atoms with Crippen LogP contribution in [0.2, 0.25) is 0 Å². The molecule has 1 aliphatic carbocycles. The van der Waals surface area contributed by atoms with Crippen molar-refractivity contribution in [1.82, 2.24) is 4.90 Å². The number of amides is 2. The molecule has 4 nitrogen and oxygen atoms in total. The summed E-state index contributed by atoms with van der Waals surface area (Å²) in [5.74, 6) is -0.190. The molecule has 20 heavy (non-hydrogen) atoms. The van der Waals surface area contributed by atoms with Crippen LogP contribution in [-0.4, -0.2) is 23.3 Å². The van der Waals surface area contributed by atoms with Crippen molar-refractivity contribution < 1.29 is 9.59 Å². The van der Waals surface area contributed by atoms with Crippen LogP contribution in [0.3, 0.4) is 0 Å². The van der Waals surface area contributed by atoms with Gasteiger partial charge in [0.2, 0.25) is 11.8 Å². The summed E-state index contributed by atoms with van der Waals surface area (Å²) in [5, 5.41) is 0. The number of fused-ring (bicyclic) bond motifs is 1. The highest BCUT2D eigenvalue weighted by Crippen LogP contribution is 2.63. The minimum absolute atomic E-state index is 0.00367. The predicted molar refractivity (Wildman–Crippen MR) is 75.5 cm³/mol. The lowest BCUT2D eigenvalue weighted by atomic mass is 10.0. The summed E-state index contributed by atoms with van der Waals surface area (Å²) in [4.78, 5) is 25.9. The van der Waals surface area contributed by atoms with E-state index in [0.29, 0.717) is 13.1 Å². The van der Waals surface area contributed by atoms with Gasteiger partial charge >= 0.3 is 0 Å². The summed E-state index contributed by atoms with van der Waals surface area (Å²) in [5.41, 5.74) is 7.56. The second kappa shape index (κ2) is 4.42. The SMILES string of the molecule is CC1(C)C2C(=O)N(Cc3ccc(CCN)cc3)C(=O)C21. The van der Waals surface area contributed by atoms with Gasteiger partial charge in [0.05, 0.1) is 18.4 Å². The van der Waals surface area contributed by atoms with E-state index in [0.717, 1.165) is 12.0 Å². The number of rotatable bonds is 4. The third-order valence-electron chi connectivity index (χ3n) is 4.69. The van der Waals surface area contributed by atoms with Crippen molar-refractivity contribution >= 4 is 11.8 Å². The molecule has 2 fully saturated rings. The van der Waals surface area contributed by atoms with Crippen molar-refractivity contribution in [2.75, 3.05) is 6.54 Å². The summed E-state index contributed by atoms with van der Waals surface area (Å²) >= 11 is 0.